The van der Waals surface area contributed by atoms with Gasteiger partial charge in [-0.25, -0.2) is 0 Å². The first-order valence-corrected chi connectivity index (χ1v) is 7.19. The molecule has 0 amide bonds. The van der Waals surface area contributed by atoms with Crippen molar-refractivity contribution in [2.45, 2.75) is 26.7 Å². The van der Waals surface area contributed by atoms with Gasteiger partial charge in [0, 0.05) is 32.7 Å². The van der Waals surface area contributed by atoms with E-state index in [0.717, 1.165) is 5.92 Å². The minimum Gasteiger partial charge on any atom is -0.301 e. The SMILES string of the molecule is CC(C)CN1CCN(CCCCP)CC1. The molecule has 15 heavy (non-hydrogen) atoms. The molecule has 0 radical (unpaired) electrons. The fourth-order valence-electron chi connectivity index (χ4n) is 2.19. The maximum absolute atomic E-state index is 2.81. The molecule has 0 spiro atoms. The molecule has 1 unspecified atom stereocenters. The Morgan fingerprint density at radius 2 is 1.60 bits per heavy atom. The summed E-state index contributed by atoms with van der Waals surface area (Å²) in [6.45, 7) is 12.3. The Hall–Kier alpha value is 0.350. The molecule has 3 heteroatoms. The molecular formula is C12H27N2P. The minimum absolute atomic E-state index is 0.814. The summed E-state index contributed by atoms with van der Waals surface area (Å²) in [5.41, 5.74) is 0. The lowest BCUT2D eigenvalue weighted by atomic mass is 10.2. The Morgan fingerprint density at radius 3 is 2.13 bits per heavy atom. The van der Waals surface area contributed by atoms with Gasteiger partial charge in [-0.05, 0) is 31.5 Å². The van der Waals surface area contributed by atoms with Crippen LogP contribution in [0.3, 0.4) is 0 Å². The van der Waals surface area contributed by atoms with Gasteiger partial charge < -0.3 is 9.80 Å². The van der Waals surface area contributed by atoms with Crippen LogP contribution in [0.2, 0.25) is 0 Å². The van der Waals surface area contributed by atoms with E-state index in [1.807, 2.05) is 0 Å². The van der Waals surface area contributed by atoms with Gasteiger partial charge in [0.25, 0.3) is 0 Å². The Morgan fingerprint density at radius 1 is 1.00 bits per heavy atom. The zero-order valence-corrected chi connectivity index (χ0v) is 11.6. The van der Waals surface area contributed by atoms with E-state index >= 15 is 0 Å². The van der Waals surface area contributed by atoms with Crippen LogP contribution in [0.4, 0.5) is 0 Å². The number of piperazine rings is 1. The molecule has 1 aliphatic heterocycles. The van der Waals surface area contributed by atoms with Gasteiger partial charge in [0.2, 0.25) is 0 Å². The molecule has 2 nitrogen and oxygen atoms in total. The number of rotatable bonds is 6. The van der Waals surface area contributed by atoms with Crippen molar-refractivity contribution < 1.29 is 0 Å². The van der Waals surface area contributed by atoms with Crippen LogP contribution in [-0.2, 0) is 0 Å². The van der Waals surface area contributed by atoms with Crippen molar-refractivity contribution in [1.82, 2.24) is 9.80 Å². The fourth-order valence-corrected chi connectivity index (χ4v) is 2.48. The Labute approximate surface area is 97.6 Å². The van der Waals surface area contributed by atoms with Crippen molar-refractivity contribution in [1.29, 1.82) is 0 Å². The lowest BCUT2D eigenvalue weighted by Crippen LogP contribution is -2.47. The summed E-state index contributed by atoms with van der Waals surface area (Å²) in [5, 5.41) is 0. The third kappa shape index (κ3) is 5.85. The van der Waals surface area contributed by atoms with Gasteiger partial charge in [-0.15, -0.1) is 9.24 Å². The van der Waals surface area contributed by atoms with Crippen LogP contribution in [0.1, 0.15) is 26.7 Å². The predicted molar refractivity (Wildman–Crippen MR) is 71.5 cm³/mol. The first-order chi connectivity index (χ1) is 7.22. The molecule has 0 N–H and O–H groups in total. The summed E-state index contributed by atoms with van der Waals surface area (Å²) in [4.78, 5) is 5.23. The van der Waals surface area contributed by atoms with Crippen LogP contribution in [-0.4, -0.2) is 55.2 Å². The molecule has 0 aromatic carbocycles. The van der Waals surface area contributed by atoms with E-state index < -0.39 is 0 Å². The van der Waals surface area contributed by atoms with Crippen LogP contribution < -0.4 is 0 Å². The molecule has 1 atom stereocenters. The van der Waals surface area contributed by atoms with Gasteiger partial charge in [-0.2, -0.15) is 0 Å². The van der Waals surface area contributed by atoms with Crippen LogP contribution in [0.15, 0.2) is 0 Å². The normalized spacial score (nSPS) is 20.0. The summed E-state index contributed by atoms with van der Waals surface area (Å²) in [6, 6.07) is 0. The van der Waals surface area contributed by atoms with Crippen LogP contribution in [0.25, 0.3) is 0 Å². The largest absolute Gasteiger partial charge is 0.301 e. The molecular weight excluding hydrogens is 203 g/mol. The highest BCUT2D eigenvalue weighted by Crippen LogP contribution is 2.06. The Bertz CT molecular complexity index is 154. The third-order valence-electron chi connectivity index (χ3n) is 3.02. The molecule has 0 saturated carbocycles. The maximum atomic E-state index is 2.81. The van der Waals surface area contributed by atoms with Crippen molar-refractivity contribution in [3.05, 3.63) is 0 Å². The summed E-state index contributed by atoms with van der Waals surface area (Å²) in [7, 11) is 2.81. The average molecular weight is 230 g/mol. The van der Waals surface area contributed by atoms with E-state index in [4.69, 9.17) is 0 Å². The van der Waals surface area contributed by atoms with E-state index in [0.29, 0.717) is 0 Å². The smallest absolute Gasteiger partial charge is 0.0110 e. The number of hydrogen-bond acceptors (Lipinski definition) is 2. The van der Waals surface area contributed by atoms with Crippen molar-refractivity contribution >= 4 is 9.24 Å². The van der Waals surface area contributed by atoms with Gasteiger partial charge >= 0.3 is 0 Å². The first-order valence-electron chi connectivity index (χ1n) is 6.37. The molecule has 0 aromatic heterocycles. The molecule has 1 saturated heterocycles. The molecule has 1 rings (SSSR count). The highest BCUT2D eigenvalue weighted by molar-refractivity contribution is 7.16. The number of unbranched alkanes of at least 4 members (excludes halogenated alkanes) is 1. The number of hydrogen-bond donors (Lipinski definition) is 0. The van der Waals surface area contributed by atoms with Gasteiger partial charge in [-0.3, -0.25) is 0 Å². The molecule has 0 bridgehead atoms. The maximum Gasteiger partial charge on any atom is 0.0110 e. The van der Waals surface area contributed by atoms with E-state index in [1.54, 1.807) is 0 Å². The second-order valence-corrected chi connectivity index (χ2v) is 5.61. The lowest BCUT2D eigenvalue weighted by molar-refractivity contribution is 0.121. The van der Waals surface area contributed by atoms with Crippen LogP contribution in [0.5, 0.6) is 0 Å². The zero-order valence-electron chi connectivity index (χ0n) is 10.4. The summed E-state index contributed by atoms with van der Waals surface area (Å²) in [6.07, 6.45) is 3.98. The summed E-state index contributed by atoms with van der Waals surface area (Å²) < 4.78 is 0. The van der Waals surface area contributed by atoms with Crippen LogP contribution >= 0.6 is 9.24 Å². The minimum atomic E-state index is 0.814. The molecule has 0 aliphatic carbocycles. The predicted octanol–water partition coefficient (Wildman–Crippen LogP) is 1.92. The fraction of sp³-hybridized carbons (Fsp3) is 1.00. The van der Waals surface area contributed by atoms with Crippen molar-refractivity contribution in [3.8, 4) is 0 Å². The molecule has 1 heterocycles. The highest BCUT2D eigenvalue weighted by atomic mass is 31.0. The van der Waals surface area contributed by atoms with E-state index in [9.17, 15) is 0 Å². The summed E-state index contributed by atoms with van der Waals surface area (Å²) >= 11 is 0. The van der Waals surface area contributed by atoms with Gasteiger partial charge in [0.15, 0.2) is 0 Å². The first kappa shape index (κ1) is 13.4. The molecule has 90 valence electrons. The van der Waals surface area contributed by atoms with Gasteiger partial charge in [0.1, 0.15) is 0 Å². The van der Waals surface area contributed by atoms with Crippen molar-refractivity contribution in [2.75, 3.05) is 45.4 Å². The zero-order chi connectivity index (χ0) is 11.1. The topological polar surface area (TPSA) is 6.48 Å². The van der Waals surface area contributed by atoms with Gasteiger partial charge in [0.05, 0.1) is 0 Å². The molecule has 0 aromatic rings. The van der Waals surface area contributed by atoms with E-state index in [-0.39, 0.29) is 0 Å². The molecule has 1 fully saturated rings. The van der Waals surface area contributed by atoms with E-state index in [2.05, 4.69) is 32.9 Å². The quantitative estimate of drug-likeness (QED) is 0.508. The summed E-state index contributed by atoms with van der Waals surface area (Å²) in [5.74, 6) is 0.814. The van der Waals surface area contributed by atoms with Crippen LogP contribution in [0, 0.1) is 5.92 Å². The highest BCUT2D eigenvalue weighted by Gasteiger charge is 2.16. The Balaban J connectivity index is 2.07. The lowest BCUT2D eigenvalue weighted by Gasteiger charge is -2.35. The van der Waals surface area contributed by atoms with Crippen molar-refractivity contribution in [3.63, 3.8) is 0 Å². The molecule has 1 aliphatic rings. The average Bonchev–Trinajstić information content (AvgIpc) is 2.20. The van der Waals surface area contributed by atoms with E-state index in [1.165, 1.54) is 58.3 Å². The van der Waals surface area contributed by atoms with Gasteiger partial charge in [-0.1, -0.05) is 13.8 Å². The third-order valence-corrected chi connectivity index (χ3v) is 3.42. The monoisotopic (exact) mass is 230 g/mol. The van der Waals surface area contributed by atoms with Crippen molar-refractivity contribution in [2.24, 2.45) is 5.92 Å². The standard InChI is InChI=1S/C12H27N2P/c1-12(2)11-14-8-6-13(7-9-14)5-3-4-10-15/h12H,3-11,15H2,1-2H3. The second kappa shape index (κ2) is 7.60. The Kier molecular flexibility index (Phi) is 6.79. The second-order valence-electron chi connectivity index (χ2n) is 5.03. The number of nitrogens with zero attached hydrogens (tertiary/aromatic N) is 2.